The summed E-state index contributed by atoms with van der Waals surface area (Å²) in [4.78, 5) is 12.0. The third-order valence-electron chi connectivity index (χ3n) is 3.09. The Morgan fingerprint density at radius 3 is 2.53 bits per heavy atom. The van der Waals surface area contributed by atoms with Gasteiger partial charge < -0.3 is 9.84 Å². The van der Waals surface area contributed by atoms with Crippen molar-refractivity contribution in [2.75, 3.05) is 6.61 Å². The van der Waals surface area contributed by atoms with E-state index in [0.717, 1.165) is 15.6 Å². The first-order valence-electron chi connectivity index (χ1n) is 6.49. The van der Waals surface area contributed by atoms with Gasteiger partial charge in [-0.25, -0.2) is 0 Å². The fraction of sp³-hybridized carbons (Fsp3) is 0.533. The molecule has 2 unspecified atom stereocenters. The minimum absolute atomic E-state index is 0.00209. The predicted octanol–water partition coefficient (Wildman–Crippen LogP) is 3.63. The molecule has 0 heterocycles. The van der Waals surface area contributed by atoms with Crippen LogP contribution in [0.5, 0.6) is 0 Å². The molecule has 0 radical (unpaired) electrons. The van der Waals surface area contributed by atoms with Gasteiger partial charge in [0, 0.05) is 4.47 Å². The van der Waals surface area contributed by atoms with Crippen LogP contribution in [-0.2, 0) is 9.53 Å². The molecule has 1 aromatic rings. The molecule has 0 amide bonds. The first-order chi connectivity index (χ1) is 8.88. The highest BCUT2D eigenvalue weighted by atomic mass is 79.9. The third-order valence-corrected chi connectivity index (χ3v) is 3.78. The molecule has 0 fully saturated rings. The van der Waals surface area contributed by atoms with Crippen LogP contribution in [-0.4, -0.2) is 17.7 Å². The highest BCUT2D eigenvalue weighted by Crippen LogP contribution is 2.33. The smallest absolute Gasteiger partial charge is 0.312 e. The normalized spacial score (nSPS) is 14.3. The van der Waals surface area contributed by atoms with Crippen molar-refractivity contribution >= 4 is 21.9 Å². The van der Waals surface area contributed by atoms with E-state index in [1.807, 2.05) is 39.0 Å². The number of ether oxygens (including phenoxy) is 1. The SMILES string of the molecule is CCOC(=O)C(C(C)C)C(O)c1ccc(C)cc1Br. The third kappa shape index (κ3) is 4.05. The van der Waals surface area contributed by atoms with E-state index in [0.29, 0.717) is 6.61 Å². The predicted molar refractivity (Wildman–Crippen MR) is 78.8 cm³/mol. The summed E-state index contributed by atoms with van der Waals surface area (Å²) in [5, 5.41) is 10.5. The molecule has 0 saturated heterocycles. The maximum Gasteiger partial charge on any atom is 0.312 e. The van der Waals surface area contributed by atoms with Crippen molar-refractivity contribution in [1.29, 1.82) is 0 Å². The first-order valence-corrected chi connectivity index (χ1v) is 7.28. The van der Waals surface area contributed by atoms with Crippen LogP contribution in [0.2, 0.25) is 0 Å². The molecule has 1 aromatic carbocycles. The Bertz CT molecular complexity index is 443. The number of hydrogen-bond donors (Lipinski definition) is 1. The lowest BCUT2D eigenvalue weighted by Crippen LogP contribution is -2.29. The van der Waals surface area contributed by atoms with E-state index in [4.69, 9.17) is 4.74 Å². The van der Waals surface area contributed by atoms with E-state index in [9.17, 15) is 9.90 Å². The molecule has 0 aliphatic heterocycles. The van der Waals surface area contributed by atoms with Gasteiger partial charge in [-0.2, -0.15) is 0 Å². The number of carbonyl (C=O) groups is 1. The lowest BCUT2D eigenvalue weighted by molar-refractivity contribution is -0.154. The summed E-state index contributed by atoms with van der Waals surface area (Å²) in [6.45, 7) is 7.89. The van der Waals surface area contributed by atoms with Crippen LogP contribution in [0.25, 0.3) is 0 Å². The number of aliphatic hydroxyl groups is 1. The summed E-state index contributed by atoms with van der Waals surface area (Å²) in [6.07, 6.45) is -0.867. The number of aliphatic hydroxyl groups excluding tert-OH is 1. The average Bonchev–Trinajstić information content (AvgIpc) is 2.28. The molecule has 4 heteroatoms. The van der Waals surface area contributed by atoms with E-state index < -0.39 is 12.0 Å². The number of halogens is 1. The molecule has 1 N–H and O–H groups in total. The topological polar surface area (TPSA) is 46.5 Å². The van der Waals surface area contributed by atoms with Gasteiger partial charge in [0.2, 0.25) is 0 Å². The molecule has 0 saturated carbocycles. The van der Waals surface area contributed by atoms with Crippen LogP contribution in [0, 0.1) is 18.8 Å². The van der Waals surface area contributed by atoms with Crippen molar-refractivity contribution in [2.45, 2.75) is 33.8 Å². The van der Waals surface area contributed by atoms with Crippen molar-refractivity contribution in [1.82, 2.24) is 0 Å². The second-order valence-corrected chi connectivity index (χ2v) is 5.85. The van der Waals surface area contributed by atoms with Gasteiger partial charge in [-0.05, 0) is 37.0 Å². The number of carbonyl (C=O) groups excluding carboxylic acids is 1. The van der Waals surface area contributed by atoms with E-state index >= 15 is 0 Å². The van der Waals surface area contributed by atoms with E-state index in [1.54, 1.807) is 6.92 Å². The van der Waals surface area contributed by atoms with Crippen molar-refractivity contribution in [3.63, 3.8) is 0 Å². The molecule has 3 nitrogen and oxygen atoms in total. The number of aryl methyl sites for hydroxylation is 1. The maximum atomic E-state index is 12.0. The Morgan fingerprint density at radius 2 is 2.05 bits per heavy atom. The first kappa shape index (κ1) is 16.2. The molecule has 0 spiro atoms. The van der Waals surface area contributed by atoms with E-state index in [2.05, 4.69) is 15.9 Å². The molecular formula is C15H21BrO3. The summed E-state index contributed by atoms with van der Waals surface area (Å²) in [5.41, 5.74) is 1.82. The van der Waals surface area contributed by atoms with Crippen LogP contribution in [0.4, 0.5) is 0 Å². The molecule has 0 bridgehead atoms. The molecule has 0 aliphatic rings. The van der Waals surface area contributed by atoms with Gasteiger partial charge in [0.05, 0.1) is 18.6 Å². The van der Waals surface area contributed by atoms with Crippen molar-refractivity contribution < 1.29 is 14.6 Å². The highest BCUT2D eigenvalue weighted by molar-refractivity contribution is 9.10. The molecular weight excluding hydrogens is 308 g/mol. The Kier molecular flexibility index (Phi) is 6.01. The minimum Gasteiger partial charge on any atom is -0.466 e. The van der Waals surface area contributed by atoms with Crippen LogP contribution in [0.15, 0.2) is 22.7 Å². The zero-order valence-corrected chi connectivity index (χ0v) is 13.4. The zero-order chi connectivity index (χ0) is 14.6. The fourth-order valence-corrected chi connectivity index (χ4v) is 2.80. The Morgan fingerprint density at radius 1 is 1.42 bits per heavy atom. The lowest BCUT2D eigenvalue weighted by Gasteiger charge is -2.25. The van der Waals surface area contributed by atoms with E-state index in [-0.39, 0.29) is 11.9 Å². The Balaban J connectivity index is 3.05. The molecule has 106 valence electrons. The summed E-state index contributed by atoms with van der Waals surface area (Å²) >= 11 is 3.44. The monoisotopic (exact) mass is 328 g/mol. The summed E-state index contributed by atoms with van der Waals surface area (Å²) in [7, 11) is 0. The number of hydrogen-bond acceptors (Lipinski definition) is 3. The van der Waals surface area contributed by atoms with Gasteiger partial charge >= 0.3 is 5.97 Å². The van der Waals surface area contributed by atoms with Gasteiger partial charge in [0.1, 0.15) is 0 Å². The maximum absolute atomic E-state index is 12.0. The van der Waals surface area contributed by atoms with Gasteiger partial charge in [-0.3, -0.25) is 4.79 Å². The Hall–Kier alpha value is -0.870. The number of benzene rings is 1. The summed E-state index contributed by atoms with van der Waals surface area (Å²) < 4.78 is 5.87. The van der Waals surface area contributed by atoms with Crippen molar-refractivity contribution in [3.8, 4) is 0 Å². The second-order valence-electron chi connectivity index (χ2n) is 4.99. The van der Waals surface area contributed by atoms with Crippen LogP contribution < -0.4 is 0 Å². The molecule has 1 rings (SSSR count). The minimum atomic E-state index is -0.867. The average molecular weight is 329 g/mol. The number of rotatable bonds is 5. The van der Waals surface area contributed by atoms with Crippen LogP contribution >= 0.6 is 15.9 Å². The molecule has 0 aliphatic carbocycles. The fourth-order valence-electron chi connectivity index (χ4n) is 2.07. The van der Waals surface area contributed by atoms with Gasteiger partial charge in [-0.1, -0.05) is 41.9 Å². The molecule has 0 aromatic heterocycles. The van der Waals surface area contributed by atoms with Crippen molar-refractivity contribution in [2.24, 2.45) is 11.8 Å². The van der Waals surface area contributed by atoms with Gasteiger partial charge in [0.15, 0.2) is 0 Å². The van der Waals surface area contributed by atoms with Gasteiger partial charge in [-0.15, -0.1) is 0 Å². The summed E-state index contributed by atoms with van der Waals surface area (Å²) in [6, 6.07) is 5.70. The zero-order valence-electron chi connectivity index (χ0n) is 11.8. The van der Waals surface area contributed by atoms with Crippen LogP contribution in [0.3, 0.4) is 0 Å². The Labute approximate surface area is 123 Å². The molecule has 19 heavy (non-hydrogen) atoms. The number of esters is 1. The van der Waals surface area contributed by atoms with Crippen molar-refractivity contribution in [3.05, 3.63) is 33.8 Å². The molecule has 2 atom stereocenters. The second kappa shape index (κ2) is 7.06. The quantitative estimate of drug-likeness (QED) is 0.839. The van der Waals surface area contributed by atoms with E-state index in [1.165, 1.54) is 0 Å². The standard InChI is InChI=1S/C15H21BrO3/c1-5-19-15(18)13(9(2)3)14(17)11-7-6-10(4)8-12(11)16/h6-9,13-14,17H,5H2,1-4H3. The van der Waals surface area contributed by atoms with Crippen LogP contribution in [0.1, 0.15) is 38.0 Å². The highest BCUT2D eigenvalue weighted by Gasteiger charge is 2.33. The van der Waals surface area contributed by atoms with Gasteiger partial charge in [0.25, 0.3) is 0 Å². The largest absolute Gasteiger partial charge is 0.466 e. The lowest BCUT2D eigenvalue weighted by atomic mass is 9.86. The summed E-state index contributed by atoms with van der Waals surface area (Å²) in [5.74, 6) is -0.904.